The van der Waals surface area contributed by atoms with Crippen LogP contribution in [0, 0.1) is 5.92 Å². The van der Waals surface area contributed by atoms with Crippen LogP contribution in [0.25, 0.3) is 0 Å². The second-order valence-corrected chi connectivity index (χ2v) is 5.30. The number of amides is 2. The Kier molecular flexibility index (Phi) is 4.29. The van der Waals surface area contributed by atoms with E-state index >= 15 is 0 Å². The second kappa shape index (κ2) is 5.30. The number of carbonyl (C=O) groups is 2. The van der Waals surface area contributed by atoms with Gasteiger partial charge in [0.05, 0.1) is 6.54 Å². The van der Waals surface area contributed by atoms with Gasteiger partial charge >= 0.3 is 0 Å². The van der Waals surface area contributed by atoms with Crippen molar-refractivity contribution in [2.45, 2.75) is 32.7 Å². The van der Waals surface area contributed by atoms with Crippen molar-refractivity contribution in [1.82, 2.24) is 16.0 Å². The molecule has 0 aliphatic carbocycles. The van der Waals surface area contributed by atoms with E-state index in [2.05, 4.69) is 16.0 Å². The number of hydrogen-bond donors (Lipinski definition) is 3. The van der Waals surface area contributed by atoms with E-state index in [4.69, 9.17) is 0 Å². The maximum absolute atomic E-state index is 11.4. The van der Waals surface area contributed by atoms with E-state index in [9.17, 15) is 9.59 Å². The van der Waals surface area contributed by atoms with Crippen molar-refractivity contribution >= 4 is 11.8 Å². The molecule has 0 unspecified atom stereocenters. The lowest BCUT2D eigenvalue weighted by atomic mass is 9.99. The fourth-order valence-electron chi connectivity index (χ4n) is 1.47. The third-order valence-electron chi connectivity index (χ3n) is 2.30. The standard InChI is InChI=1S/C11H21N3O2/c1-11(2,3)14-10(16)7-13-9(15)4-8-5-12-6-8/h8,12H,4-7H2,1-3H3,(H,13,15)(H,14,16). The number of carbonyl (C=O) groups excluding carboxylic acids is 2. The van der Waals surface area contributed by atoms with Crippen LogP contribution in [0.5, 0.6) is 0 Å². The summed E-state index contributed by atoms with van der Waals surface area (Å²) in [5, 5.41) is 8.52. The Labute approximate surface area is 96.4 Å². The lowest BCUT2D eigenvalue weighted by Crippen LogP contribution is -2.48. The summed E-state index contributed by atoms with van der Waals surface area (Å²) in [6.07, 6.45) is 0.510. The maximum atomic E-state index is 11.4. The van der Waals surface area contributed by atoms with Crippen molar-refractivity contribution in [3.63, 3.8) is 0 Å². The van der Waals surface area contributed by atoms with Crippen LogP contribution in [0.3, 0.4) is 0 Å². The van der Waals surface area contributed by atoms with Crippen molar-refractivity contribution in [2.75, 3.05) is 19.6 Å². The van der Waals surface area contributed by atoms with E-state index in [0.29, 0.717) is 12.3 Å². The molecule has 3 N–H and O–H groups in total. The zero-order valence-corrected chi connectivity index (χ0v) is 10.2. The lowest BCUT2D eigenvalue weighted by Gasteiger charge is -2.26. The third-order valence-corrected chi connectivity index (χ3v) is 2.30. The van der Waals surface area contributed by atoms with Gasteiger partial charge < -0.3 is 16.0 Å². The first-order valence-corrected chi connectivity index (χ1v) is 5.65. The molecule has 0 radical (unpaired) electrons. The van der Waals surface area contributed by atoms with Gasteiger partial charge in [-0.05, 0) is 39.8 Å². The molecule has 1 saturated heterocycles. The van der Waals surface area contributed by atoms with E-state index in [1.54, 1.807) is 0 Å². The minimum atomic E-state index is -0.250. The molecule has 1 rings (SSSR count). The molecule has 0 aromatic heterocycles. The van der Waals surface area contributed by atoms with Gasteiger partial charge in [0.15, 0.2) is 0 Å². The summed E-state index contributed by atoms with van der Waals surface area (Å²) < 4.78 is 0. The van der Waals surface area contributed by atoms with Crippen molar-refractivity contribution < 1.29 is 9.59 Å². The van der Waals surface area contributed by atoms with E-state index in [1.807, 2.05) is 20.8 Å². The Morgan fingerprint density at radius 1 is 1.25 bits per heavy atom. The largest absolute Gasteiger partial charge is 0.350 e. The Morgan fingerprint density at radius 3 is 2.31 bits per heavy atom. The molecule has 0 bridgehead atoms. The van der Waals surface area contributed by atoms with Crippen LogP contribution in [0.4, 0.5) is 0 Å². The zero-order valence-electron chi connectivity index (χ0n) is 10.2. The van der Waals surface area contributed by atoms with Gasteiger partial charge in [-0.1, -0.05) is 0 Å². The molecule has 92 valence electrons. The molecule has 5 nitrogen and oxygen atoms in total. The first kappa shape index (κ1) is 13.0. The fraction of sp³-hybridized carbons (Fsp3) is 0.818. The minimum absolute atomic E-state index is 0.0458. The van der Waals surface area contributed by atoms with Gasteiger partial charge in [-0.2, -0.15) is 0 Å². The van der Waals surface area contributed by atoms with Gasteiger partial charge in [0, 0.05) is 12.0 Å². The van der Waals surface area contributed by atoms with Gasteiger partial charge in [0.2, 0.25) is 11.8 Å². The van der Waals surface area contributed by atoms with Crippen LogP contribution in [-0.4, -0.2) is 37.0 Å². The summed E-state index contributed by atoms with van der Waals surface area (Å²) in [6.45, 7) is 7.60. The monoisotopic (exact) mass is 227 g/mol. The van der Waals surface area contributed by atoms with Crippen molar-refractivity contribution in [1.29, 1.82) is 0 Å². The van der Waals surface area contributed by atoms with Gasteiger partial charge in [-0.3, -0.25) is 9.59 Å². The van der Waals surface area contributed by atoms with Gasteiger partial charge in [0.1, 0.15) is 0 Å². The highest BCUT2D eigenvalue weighted by Crippen LogP contribution is 2.07. The zero-order chi connectivity index (χ0) is 12.2. The average Bonchev–Trinajstić information content (AvgIpc) is 2.05. The molecule has 1 fully saturated rings. The summed E-state index contributed by atoms with van der Waals surface area (Å²) >= 11 is 0. The molecule has 1 heterocycles. The normalized spacial score (nSPS) is 16.4. The maximum Gasteiger partial charge on any atom is 0.239 e. The van der Waals surface area contributed by atoms with E-state index < -0.39 is 0 Å². The molecular weight excluding hydrogens is 206 g/mol. The van der Waals surface area contributed by atoms with Crippen LogP contribution in [0.2, 0.25) is 0 Å². The molecule has 0 aromatic rings. The Bertz CT molecular complexity index is 267. The van der Waals surface area contributed by atoms with Crippen LogP contribution in [-0.2, 0) is 9.59 Å². The number of nitrogens with one attached hydrogen (secondary N) is 3. The van der Waals surface area contributed by atoms with Crippen LogP contribution in [0.15, 0.2) is 0 Å². The second-order valence-electron chi connectivity index (χ2n) is 5.30. The van der Waals surface area contributed by atoms with Gasteiger partial charge in [-0.25, -0.2) is 0 Å². The lowest BCUT2D eigenvalue weighted by molar-refractivity contribution is -0.127. The smallest absolute Gasteiger partial charge is 0.239 e. The van der Waals surface area contributed by atoms with Crippen LogP contribution >= 0.6 is 0 Å². The van der Waals surface area contributed by atoms with Crippen LogP contribution < -0.4 is 16.0 Å². The molecule has 16 heavy (non-hydrogen) atoms. The first-order chi connectivity index (χ1) is 7.37. The van der Waals surface area contributed by atoms with E-state index in [-0.39, 0.29) is 23.9 Å². The molecule has 0 atom stereocenters. The predicted molar refractivity (Wildman–Crippen MR) is 61.9 cm³/mol. The molecule has 1 aliphatic heterocycles. The highest BCUT2D eigenvalue weighted by Gasteiger charge is 2.20. The summed E-state index contributed by atoms with van der Waals surface area (Å²) in [4.78, 5) is 22.8. The van der Waals surface area contributed by atoms with Gasteiger partial charge in [-0.15, -0.1) is 0 Å². The molecule has 0 aromatic carbocycles. The average molecular weight is 227 g/mol. The molecule has 5 heteroatoms. The summed E-state index contributed by atoms with van der Waals surface area (Å²) in [5.41, 5.74) is -0.250. The molecule has 1 aliphatic rings. The highest BCUT2D eigenvalue weighted by atomic mass is 16.2. The third kappa shape index (κ3) is 5.11. The highest BCUT2D eigenvalue weighted by molar-refractivity contribution is 5.85. The summed E-state index contributed by atoms with van der Waals surface area (Å²) in [7, 11) is 0. The summed E-state index contributed by atoms with van der Waals surface area (Å²) in [6, 6.07) is 0. The van der Waals surface area contributed by atoms with Crippen molar-refractivity contribution in [2.24, 2.45) is 5.92 Å². The first-order valence-electron chi connectivity index (χ1n) is 5.65. The van der Waals surface area contributed by atoms with Crippen LogP contribution in [0.1, 0.15) is 27.2 Å². The number of hydrogen-bond acceptors (Lipinski definition) is 3. The molecule has 0 spiro atoms. The Hall–Kier alpha value is -1.10. The Balaban J connectivity index is 2.13. The quantitative estimate of drug-likeness (QED) is 0.613. The fourth-order valence-corrected chi connectivity index (χ4v) is 1.47. The van der Waals surface area contributed by atoms with E-state index in [0.717, 1.165) is 13.1 Å². The summed E-state index contributed by atoms with van der Waals surface area (Å²) in [5.74, 6) is 0.244. The SMILES string of the molecule is CC(C)(C)NC(=O)CNC(=O)CC1CNC1. The predicted octanol–water partition coefficient (Wildman–Crippen LogP) is -0.373. The van der Waals surface area contributed by atoms with E-state index in [1.165, 1.54) is 0 Å². The van der Waals surface area contributed by atoms with Crippen molar-refractivity contribution in [3.05, 3.63) is 0 Å². The van der Waals surface area contributed by atoms with Gasteiger partial charge in [0.25, 0.3) is 0 Å². The number of rotatable bonds is 4. The minimum Gasteiger partial charge on any atom is -0.350 e. The molecule has 0 saturated carbocycles. The molecule has 2 amide bonds. The Morgan fingerprint density at radius 2 is 1.88 bits per heavy atom. The van der Waals surface area contributed by atoms with Crippen molar-refractivity contribution in [3.8, 4) is 0 Å². The topological polar surface area (TPSA) is 70.2 Å². The molecular formula is C11H21N3O2.